The fourth-order valence-electron chi connectivity index (χ4n) is 2.07. The van der Waals surface area contributed by atoms with E-state index >= 15 is 0 Å². The zero-order valence-corrected chi connectivity index (χ0v) is 11.9. The largest absolute Gasteiger partial charge is 0.311 e. The van der Waals surface area contributed by atoms with Gasteiger partial charge in [-0.3, -0.25) is 9.36 Å². The van der Waals surface area contributed by atoms with Crippen LogP contribution in [0, 0.1) is 6.92 Å². The van der Waals surface area contributed by atoms with Crippen molar-refractivity contribution in [3.8, 4) is 0 Å². The molecule has 2 heterocycles. The van der Waals surface area contributed by atoms with Gasteiger partial charge in [-0.2, -0.15) is 10.2 Å². The first-order chi connectivity index (χ1) is 8.52. The third kappa shape index (κ3) is 2.42. The molecule has 1 unspecified atom stereocenters. The molecule has 2 rings (SSSR count). The number of hydrogen-bond donors (Lipinski definition) is 1. The topological polar surface area (TPSA) is 47.7 Å². The second-order valence-corrected chi connectivity index (χ2v) is 4.81. The Morgan fingerprint density at radius 2 is 2.11 bits per heavy atom. The van der Waals surface area contributed by atoms with Crippen molar-refractivity contribution in [2.75, 3.05) is 7.05 Å². The van der Waals surface area contributed by atoms with Crippen molar-refractivity contribution in [1.29, 1.82) is 0 Å². The lowest BCUT2D eigenvalue weighted by molar-refractivity contribution is 0.540. The van der Waals surface area contributed by atoms with Gasteiger partial charge in [0.05, 0.1) is 28.1 Å². The van der Waals surface area contributed by atoms with E-state index in [1.807, 2.05) is 45.0 Å². The molecule has 0 spiro atoms. The number of halogens is 1. The summed E-state index contributed by atoms with van der Waals surface area (Å²) in [6.07, 6.45) is 2.71. The first kappa shape index (κ1) is 13.1. The van der Waals surface area contributed by atoms with E-state index in [0.717, 1.165) is 28.5 Å². The highest BCUT2D eigenvalue weighted by Gasteiger charge is 2.18. The Balaban J connectivity index is 2.25. The van der Waals surface area contributed by atoms with Gasteiger partial charge >= 0.3 is 0 Å². The van der Waals surface area contributed by atoms with Gasteiger partial charge in [-0.1, -0.05) is 11.6 Å². The van der Waals surface area contributed by atoms with Crippen LogP contribution in [0.15, 0.2) is 12.3 Å². The van der Waals surface area contributed by atoms with Gasteiger partial charge in [0.15, 0.2) is 0 Å². The molecule has 2 aromatic rings. The molecule has 5 nitrogen and oxygen atoms in total. The van der Waals surface area contributed by atoms with Crippen LogP contribution in [-0.2, 0) is 20.5 Å². The molecule has 0 aliphatic heterocycles. The van der Waals surface area contributed by atoms with E-state index in [4.69, 9.17) is 11.6 Å². The number of likely N-dealkylation sites (N-methyl/N-ethyl adjacent to an activating group) is 1. The summed E-state index contributed by atoms with van der Waals surface area (Å²) in [4.78, 5) is 0. The van der Waals surface area contributed by atoms with Gasteiger partial charge < -0.3 is 5.32 Å². The summed E-state index contributed by atoms with van der Waals surface area (Å²) in [5, 5.41) is 12.8. The number of nitrogens with zero attached hydrogens (tertiary/aromatic N) is 4. The van der Waals surface area contributed by atoms with Crippen LogP contribution >= 0.6 is 11.6 Å². The van der Waals surface area contributed by atoms with E-state index in [1.54, 1.807) is 4.68 Å². The van der Waals surface area contributed by atoms with E-state index < -0.39 is 0 Å². The van der Waals surface area contributed by atoms with Crippen LogP contribution in [0.25, 0.3) is 0 Å². The van der Waals surface area contributed by atoms with Crippen molar-refractivity contribution < 1.29 is 0 Å². The Morgan fingerprint density at radius 1 is 1.39 bits per heavy atom. The van der Waals surface area contributed by atoms with E-state index in [2.05, 4.69) is 15.5 Å². The quantitative estimate of drug-likeness (QED) is 0.916. The van der Waals surface area contributed by atoms with E-state index in [0.29, 0.717) is 0 Å². The van der Waals surface area contributed by atoms with Gasteiger partial charge in [-0.25, -0.2) is 0 Å². The molecule has 0 amide bonds. The number of aromatic nitrogens is 4. The molecule has 2 aromatic heterocycles. The predicted octanol–water partition coefficient (Wildman–Crippen LogP) is 1.62. The van der Waals surface area contributed by atoms with Crippen molar-refractivity contribution in [2.45, 2.75) is 19.4 Å². The molecular weight excluding hydrogens is 250 g/mol. The molecule has 98 valence electrons. The predicted molar refractivity (Wildman–Crippen MR) is 71.7 cm³/mol. The van der Waals surface area contributed by atoms with Crippen molar-refractivity contribution >= 4 is 11.6 Å². The van der Waals surface area contributed by atoms with Crippen molar-refractivity contribution in [3.05, 3.63) is 34.4 Å². The summed E-state index contributed by atoms with van der Waals surface area (Å²) >= 11 is 6.27. The molecule has 6 heteroatoms. The molecule has 0 saturated heterocycles. The molecule has 18 heavy (non-hydrogen) atoms. The van der Waals surface area contributed by atoms with Crippen LogP contribution in [-0.4, -0.2) is 26.6 Å². The molecule has 1 atom stereocenters. The van der Waals surface area contributed by atoms with Crippen LogP contribution in [0.4, 0.5) is 0 Å². The average Bonchev–Trinajstić information content (AvgIpc) is 2.84. The third-order valence-electron chi connectivity index (χ3n) is 3.10. The highest BCUT2D eigenvalue weighted by molar-refractivity contribution is 6.31. The van der Waals surface area contributed by atoms with Crippen LogP contribution in [0.2, 0.25) is 5.02 Å². The minimum atomic E-state index is 0.138. The second kappa shape index (κ2) is 5.12. The fourth-order valence-corrected chi connectivity index (χ4v) is 2.31. The molecule has 0 fully saturated rings. The van der Waals surface area contributed by atoms with Crippen molar-refractivity contribution in [3.63, 3.8) is 0 Å². The fraction of sp³-hybridized carbons (Fsp3) is 0.500. The molecule has 0 bridgehead atoms. The van der Waals surface area contributed by atoms with Gasteiger partial charge in [-0.15, -0.1) is 0 Å². The lowest BCUT2D eigenvalue weighted by atomic mass is 10.1. The minimum absolute atomic E-state index is 0.138. The summed E-state index contributed by atoms with van der Waals surface area (Å²) in [6.45, 7) is 1.92. The van der Waals surface area contributed by atoms with E-state index in [1.165, 1.54) is 0 Å². The molecule has 0 saturated carbocycles. The summed E-state index contributed by atoms with van der Waals surface area (Å²) in [5.74, 6) is 0. The van der Waals surface area contributed by atoms with Crippen LogP contribution in [0.5, 0.6) is 0 Å². The normalized spacial score (nSPS) is 12.9. The molecule has 0 aliphatic rings. The van der Waals surface area contributed by atoms with Gasteiger partial charge in [0.2, 0.25) is 0 Å². The average molecular weight is 268 g/mol. The van der Waals surface area contributed by atoms with Crippen LogP contribution in [0.3, 0.4) is 0 Å². The number of rotatable bonds is 4. The van der Waals surface area contributed by atoms with Gasteiger partial charge in [-0.05, 0) is 20.0 Å². The smallest absolute Gasteiger partial charge is 0.0847 e. The van der Waals surface area contributed by atoms with Gasteiger partial charge in [0, 0.05) is 26.7 Å². The van der Waals surface area contributed by atoms with Crippen LogP contribution < -0.4 is 5.32 Å². The molecule has 1 N–H and O–H groups in total. The van der Waals surface area contributed by atoms with Gasteiger partial charge in [0.1, 0.15) is 0 Å². The third-order valence-corrected chi connectivity index (χ3v) is 3.59. The highest BCUT2D eigenvalue weighted by Crippen LogP contribution is 2.24. The van der Waals surface area contributed by atoms with Crippen molar-refractivity contribution in [2.24, 2.45) is 14.1 Å². The Kier molecular flexibility index (Phi) is 3.73. The van der Waals surface area contributed by atoms with Crippen molar-refractivity contribution in [1.82, 2.24) is 24.9 Å². The Morgan fingerprint density at radius 3 is 2.56 bits per heavy atom. The number of aryl methyl sites for hydroxylation is 3. The zero-order chi connectivity index (χ0) is 13.3. The van der Waals surface area contributed by atoms with E-state index in [9.17, 15) is 0 Å². The summed E-state index contributed by atoms with van der Waals surface area (Å²) < 4.78 is 3.64. The Bertz CT molecular complexity index is 543. The maximum absolute atomic E-state index is 6.27. The maximum Gasteiger partial charge on any atom is 0.0847 e. The lowest BCUT2D eigenvalue weighted by Crippen LogP contribution is -2.21. The number of hydrogen-bond acceptors (Lipinski definition) is 3. The highest BCUT2D eigenvalue weighted by atomic mass is 35.5. The maximum atomic E-state index is 6.27. The summed E-state index contributed by atoms with van der Waals surface area (Å²) in [6, 6.07) is 2.15. The lowest BCUT2D eigenvalue weighted by Gasteiger charge is -2.14. The summed E-state index contributed by atoms with van der Waals surface area (Å²) in [7, 11) is 5.76. The molecule has 0 radical (unpaired) electrons. The molecular formula is C12H18ClN5. The summed E-state index contributed by atoms with van der Waals surface area (Å²) in [5.41, 5.74) is 2.90. The standard InChI is InChI=1S/C12H18ClN5/c1-8-12(13)11(18(4)15-8)7-10(14-2)9-5-6-17(3)16-9/h5-6,10,14H,7H2,1-4H3. The first-order valence-corrected chi connectivity index (χ1v) is 6.25. The SMILES string of the molecule is CNC(Cc1c(Cl)c(C)nn1C)c1ccn(C)n1. The Labute approximate surface area is 112 Å². The first-order valence-electron chi connectivity index (χ1n) is 5.87. The second-order valence-electron chi connectivity index (χ2n) is 4.43. The molecule has 0 aliphatic carbocycles. The van der Waals surface area contributed by atoms with Gasteiger partial charge in [0.25, 0.3) is 0 Å². The monoisotopic (exact) mass is 267 g/mol. The van der Waals surface area contributed by atoms with E-state index in [-0.39, 0.29) is 6.04 Å². The number of nitrogens with one attached hydrogen (secondary N) is 1. The minimum Gasteiger partial charge on any atom is -0.311 e. The molecule has 0 aromatic carbocycles. The Hall–Kier alpha value is -1.33. The zero-order valence-electron chi connectivity index (χ0n) is 11.1. The van der Waals surface area contributed by atoms with Crippen LogP contribution in [0.1, 0.15) is 23.1 Å².